The van der Waals surface area contributed by atoms with E-state index < -0.39 is 7.82 Å². The topological polar surface area (TPSA) is 44.8 Å². The third-order valence-electron chi connectivity index (χ3n) is 6.14. The second-order valence-electron chi connectivity index (χ2n) is 9.03. The minimum absolute atomic E-state index is 0.417. The van der Waals surface area contributed by atoms with Gasteiger partial charge in [-0.2, -0.15) is 4.57 Å². The number of unbranched alkanes of at least 4 members (excludes halogenated alkanes) is 2. The molecule has 0 fully saturated rings. The first-order chi connectivity index (χ1) is 18.1. The third-order valence-corrected chi connectivity index (χ3v) is 7.42. The molecule has 4 rings (SSSR count). The van der Waals surface area contributed by atoms with Crippen molar-refractivity contribution in [1.29, 1.82) is 0 Å². The second kappa shape index (κ2) is 13.2. The minimum atomic E-state index is -4.09. The van der Waals surface area contributed by atoms with Crippen molar-refractivity contribution < 1.29 is 18.1 Å². The highest BCUT2D eigenvalue weighted by molar-refractivity contribution is 7.49. The van der Waals surface area contributed by atoms with Crippen LogP contribution in [0.2, 0.25) is 0 Å². The van der Waals surface area contributed by atoms with Crippen molar-refractivity contribution in [3.63, 3.8) is 0 Å². The van der Waals surface area contributed by atoms with E-state index in [4.69, 9.17) is 13.6 Å². The molecule has 4 nitrogen and oxygen atoms in total. The van der Waals surface area contributed by atoms with E-state index in [1.165, 1.54) is 0 Å². The van der Waals surface area contributed by atoms with Crippen LogP contribution in [-0.2, 0) is 17.4 Å². The van der Waals surface area contributed by atoms with Gasteiger partial charge in [-0.25, -0.2) is 0 Å². The van der Waals surface area contributed by atoms with Crippen LogP contribution in [0.5, 0.6) is 17.2 Å². The quantitative estimate of drug-likeness (QED) is 0.167. The monoisotopic (exact) mass is 514 g/mol. The zero-order chi connectivity index (χ0) is 25.9. The Balaban J connectivity index is 1.64. The fourth-order valence-corrected chi connectivity index (χ4v) is 5.43. The average Bonchev–Trinajstić information content (AvgIpc) is 2.93. The summed E-state index contributed by atoms with van der Waals surface area (Å²) in [6.45, 7) is 4.29. The molecule has 0 aliphatic rings. The highest BCUT2D eigenvalue weighted by atomic mass is 31.2. The molecule has 0 aliphatic heterocycles. The zero-order valence-corrected chi connectivity index (χ0v) is 22.5. The van der Waals surface area contributed by atoms with Gasteiger partial charge in [0.25, 0.3) is 0 Å². The number of benzene rings is 4. The molecular weight excluding hydrogens is 479 g/mol. The Morgan fingerprint density at radius 2 is 1.00 bits per heavy atom. The van der Waals surface area contributed by atoms with Gasteiger partial charge >= 0.3 is 7.82 Å². The highest BCUT2D eigenvalue weighted by Crippen LogP contribution is 2.51. The van der Waals surface area contributed by atoms with E-state index in [9.17, 15) is 4.57 Å². The fourth-order valence-electron chi connectivity index (χ4n) is 4.10. The first-order valence-electron chi connectivity index (χ1n) is 13.1. The number of aryl methyl sites for hydroxylation is 2. The molecule has 37 heavy (non-hydrogen) atoms. The Labute approximate surface area is 220 Å². The summed E-state index contributed by atoms with van der Waals surface area (Å²) < 4.78 is 32.5. The van der Waals surface area contributed by atoms with E-state index in [1.54, 1.807) is 12.1 Å². The number of hydrogen-bond donors (Lipinski definition) is 0. The lowest BCUT2D eigenvalue weighted by Crippen LogP contribution is -2.09. The molecule has 0 amide bonds. The summed E-state index contributed by atoms with van der Waals surface area (Å²) in [5.41, 5.74) is 4.10. The SMILES string of the molecule is CCCCc1ccccc1OP(=O)(Oc1ccc(-c2ccccc2)cc1)Oc1ccccc1CCCC. The van der Waals surface area contributed by atoms with Gasteiger partial charge in [0.15, 0.2) is 0 Å². The molecule has 0 aliphatic carbocycles. The number of para-hydroxylation sites is 2. The van der Waals surface area contributed by atoms with Gasteiger partial charge in [-0.05, 0) is 72.2 Å². The molecule has 0 spiro atoms. The van der Waals surface area contributed by atoms with Gasteiger partial charge in [0, 0.05) is 0 Å². The van der Waals surface area contributed by atoms with Gasteiger partial charge < -0.3 is 13.6 Å². The first-order valence-corrected chi connectivity index (χ1v) is 14.6. The minimum Gasteiger partial charge on any atom is -0.386 e. The van der Waals surface area contributed by atoms with E-state index in [0.717, 1.165) is 60.8 Å². The van der Waals surface area contributed by atoms with E-state index in [1.807, 2.05) is 91.0 Å². The van der Waals surface area contributed by atoms with E-state index in [2.05, 4.69) is 13.8 Å². The van der Waals surface area contributed by atoms with Crippen LogP contribution in [0.4, 0.5) is 0 Å². The molecule has 192 valence electrons. The molecular formula is C32H35O4P. The van der Waals surface area contributed by atoms with Gasteiger partial charge in [-0.15, -0.1) is 0 Å². The molecule has 0 N–H and O–H groups in total. The van der Waals surface area contributed by atoms with Gasteiger partial charge in [-0.3, -0.25) is 0 Å². The molecule has 0 atom stereocenters. The van der Waals surface area contributed by atoms with Crippen LogP contribution < -0.4 is 13.6 Å². The first kappa shape index (κ1) is 26.6. The van der Waals surface area contributed by atoms with Crippen molar-refractivity contribution in [2.75, 3.05) is 0 Å². The molecule has 0 saturated heterocycles. The lowest BCUT2D eigenvalue weighted by molar-refractivity contribution is 0.296. The molecule has 0 unspecified atom stereocenters. The van der Waals surface area contributed by atoms with Crippen molar-refractivity contribution >= 4 is 7.82 Å². The van der Waals surface area contributed by atoms with Crippen LogP contribution in [0.25, 0.3) is 11.1 Å². The molecule has 0 bridgehead atoms. The van der Waals surface area contributed by atoms with Crippen molar-refractivity contribution in [2.45, 2.75) is 52.4 Å². The molecule has 0 heterocycles. The van der Waals surface area contributed by atoms with Crippen molar-refractivity contribution in [3.05, 3.63) is 114 Å². The van der Waals surface area contributed by atoms with Crippen LogP contribution >= 0.6 is 7.82 Å². The Hall–Kier alpha value is -3.49. The summed E-state index contributed by atoms with van der Waals surface area (Å²) in [5, 5.41) is 0. The average molecular weight is 515 g/mol. The molecule has 0 aromatic heterocycles. The standard InChI is InChI=1S/C32H35O4P/c1-3-5-14-28-18-10-12-20-31(28)35-37(33,36-32-21-13-11-19-29(32)15-6-4-2)34-30-24-22-27(23-25-30)26-16-8-7-9-17-26/h7-13,16-25H,3-6,14-15H2,1-2H3. The second-order valence-corrected chi connectivity index (χ2v) is 10.5. The summed E-state index contributed by atoms with van der Waals surface area (Å²) in [4.78, 5) is 0. The number of phosphoric acid groups is 1. The van der Waals surface area contributed by atoms with Crippen LogP contribution in [0.3, 0.4) is 0 Å². The fraction of sp³-hybridized carbons (Fsp3) is 0.250. The zero-order valence-electron chi connectivity index (χ0n) is 21.6. The summed E-state index contributed by atoms with van der Waals surface area (Å²) in [6, 6.07) is 32.9. The molecule has 0 saturated carbocycles. The summed E-state index contributed by atoms with van der Waals surface area (Å²) in [7, 11) is -4.09. The van der Waals surface area contributed by atoms with E-state index >= 15 is 0 Å². The molecule has 0 radical (unpaired) electrons. The summed E-state index contributed by atoms with van der Waals surface area (Å²) in [6.07, 6.45) is 5.77. The third kappa shape index (κ3) is 7.50. The van der Waals surface area contributed by atoms with Crippen molar-refractivity contribution in [3.8, 4) is 28.4 Å². The summed E-state index contributed by atoms with van der Waals surface area (Å²) in [5.74, 6) is 1.46. The maximum atomic E-state index is 14.3. The van der Waals surface area contributed by atoms with E-state index in [-0.39, 0.29) is 0 Å². The smallest absolute Gasteiger partial charge is 0.386 e. The highest BCUT2D eigenvalue weighted by Gasteiger charge is 2.34. The lowest BCUT2D eigenvalue weighted by atomic mass is 10.1. The Morgan fingerprint density at radius 1 is 0.541 bits per heavy atom. The largest absolute Gasteiger partial charge is 0.647 e. The van der Waals surface area contributed by atoms with Gasteiger partial charge in [0.2, 0.25) is 0 Å². The lowest BCUT2D eigenvalue weighted by Gasteiger charge is -2.22. The van der Waals surface area contributed by atoms with Crippen LogP contribution in [0.1, 0.15) is 50.7 Å². The Kier molecular flexibility index (Phi) is 9.46. The predicted octanol–water partition coefficient (Wildman–Crippen LogP) is 9.68. The number of phosphoric ester groups is 1. The molecule has 5 heteroatoms. The van der Waals surface area contributed by atoms with E-state index in [0.29, 0.717) is 17.2 Å². The van der Waals surface area contributed by atoms with Crippen LogP contribution in [0.15, 0.2) is 103 Å². The molecule has 4 aromatic carbocycles. The Bertz CT molecular complexity index is 1240. The molecule has 4 aromatic rings. The van der Waals surface area contributed by atoms with Gasteiger partial charge in [-0.1, -0.05) is 106 Å². The van der Waals surface area contributed by atoms with Crippen LogP contribution in [0, 0.1) is 0 Å². The number of hydrogen-bond acceptors (Lipinski definition) is 4. The number of rotatable bonds is 13. The maximum Gasteiger partial charge on any atom is 0.647 e. The predicted molar refractivity (Wildman–Crippen MR) is 151 cm³/mol. The Morgan fingerprint density at radius 3 is 1.51 bits per heavy atom. The van der Waals surface area contributed by atoms with Crippen molar-refractivity contribution in [2.24, 2.45) is 0 Å². The van der Waals surface area contributed by atoms with Crippen molar-refractivity contribution in [1.82, 2.24) is 0 Å². The van der Waals surface area contributed by atoms with Crippen LogP contribution in [-0.4, -0.2) is 0 Å². The normalized spacial score (nSPS) is 11.2. The summed E-state index contributed by atoms with van der Waals surface area (Å²) >= 11 is 0. The van der Waals surface area contributed by atoms with Gasteiger partial charge in [0.05, 0.1) is 0 Å². The van der Waals surface area contributed by atoms with Gasteiger partial charge in [0.1, 0.15) is 17.2 Å². The maximum absolute atomic E-state index is 14.3.